The van der Waals surface area contributed by atoms with Crippen molar-refractivity contribution in [2.24, 2.45) is 0 Å². The minimum absolute atomic E-state index is 0.0967. The summed E-state index contributed by atoms with van der Waals surface area (Å²) in [6, 6.07) is 3.57. The number of carbonyl (C=O) groups excluding carboxylic acids is 1. The van der Waals surface area contributed by atoms with Crippen LogP contribution in [0.1, 0.15) is 41.5 Å². The normalized spacial score (nSPS) is 11.2. The number of hydrogen-bond acceptors (Lipinski definition) is 8. The SMILES string of the molecule is CCOc1cc(-c2nnc(SCC(=O)NC(C)(C)C)o2)cc(OCC)c1OCC. The van der Waals surface area contributed by atoms with Gasteiger partial charge in [0.1, 0.15) is 0 Å². The van der Waals surface area contributed by atoms with Crippen LogP contribution in [-0.2, 0) is 4.79 Å². The molecular formula is C20H29N3O5S. The number of nitrogens with zero attached hydrogens (tertiary/aromatic N) is 2. The van der Waals surface area contributed by atoms with Gasteiger partial charge in [-0.1, -0.05) is 11.8 Å². The van der Waals surface area contributed by atoms with Gasteiger partial charge in [-0.3, -0.25) is 4.79 Å². The largest absolute Gasteiger partial charge is 0.490 e. The lowest BCUT2D eigenvalue weighted by atomic mass is 10.1. The van der Waals surface area contributed by atoms with Crippen LogP contribution in [0.2, 0.25) is 0 Å². The molecule has 1 aromatic carbocycles. The molecule has 160 valence electrons. The molecular weight excluding hydrogens is 394 g/mol. The molecule has 29 heavy (non-hydrogen) atoms. The summed E-state index contributed by atoms with van der Waals surface area (Å²) in [6.45, 7) is 12.9. The molecule has 1 amide bonds. The molecule has 1 aromatic heterocycles. The lowest BCUT2D eigenvalue weighted by Crippen LogP contribution is -2.41. The van der Waals surface area contributed by atoms with E-state index in [1.807, 2.05) is 41.5 Å². The van der Waals surface area contributed by atoms with Gasteiger partial charge in [-0.2, -0.15) is 0 Å². The molecule has 8 nitrogen and oxygen atoms in total. The molecule has 2 aromatic rings. The predicted molar refractivity (Wildman–Crippen MR) is 112 cm³/mol. The van der Waals surface area contributed by atoms with Crippen molar-refractivity contribution in [3.8, 4) is 28.7 Å². The molecule has 9 heteroatoms. The summed E-state index contributed by atoms with van der Waals surface area (Å²) < 4.78 is 22.9. The molecule has 0 atom stereocenters. The number of aromatic nitrogens is 2. The van der Waals surface area contributed by atoms with E-state index in [1.54, 1.807) is 12.1 Å². The maximum atomic E-state index is 12.0. The summed E-state index contributed by atoms with van der Waals surface area (Å²) in [4.78, 5) is 12.0. The second-order valence-electron chi connectivity index (χ2n) is 7.06. The van der Waals surface area contributed by atoms with Crippen LogP contribution < -0.4 is 19.5 Å². The highest BCUT2D eigenvalue weighted by Crippen LogP contribution is 2.42. The summed E-state index contributed by atoms with van der Waals surface area (Å²) in [7, 11) is 0. The summed E-state index contributed by atoms with van der Waals surface area (Å²) >= 11 is 1.19. The van der Waals surface area contributed by atoms with E-state index in [2.05, 4.69) is 15.5 Å². The Labute approximate surface area is 175 Å². The third-order valence-corrected chi connectivity index (χ3v) is 4.22. The van der Waals surface area contributed by atoms with E-state index in [0.717, 1.165) is 0 Å². The topological polar surface area (TPSA) is 95.7 Å². The highest BCUT2D eigenvalue weighted by molar-refractivity contribution is 7.99. The van der Waals surface area contributed by atoms with Crippen LogP contribution >= 0.6 is 11.8 Å². The molecule has 0 aliphatic carbocycles. The molecule has 0 aliphatic rings. The van der Waals surface area contributed by atoms with Crippen LogP contribution in [0, 0.1) is 0 Å². The van der Waals surface area contributed by atoms with Gasteiger partial charge in [0.25, 0.3) is 5.22 Å². The Morgan fingerprint density at radius 2 is 1.62 bits per heavy atom. The highest BCUT2D eigenvalue weighted by Gasteiger charge is 2.20. The lowest BCUT2D eigenvalue weighted by Gasteiger charge is -2.19. The van der Waals surface area contributed by atoms with Crippen molar-refractivity contribution in [2.75, 3.05) is 25.6 Å². The summed E-state index contributed by atoms with van der Waals surface area (Å²) in [6.07, 6.45) is 0. The van der Waals surface area contributed by atoms with E-state index < -0.39 is 0 Å². The maximum absolute atomic E-state index is 12.0. The van der Waals surface area contributed by atoms with Crippen LogP contribution in [-0.4, -0.2) is 47.2 Å². The average Bonchev–Trinajstić information content (AvgIpc) is 3.10. The molecule has 0 unspecified atom stereocenters. The first-order valence-electron chi connectivity index (χ1n) is 9.61. The van der Waals surface area contributed by atoms with Gasteiger partial charge in [-0.05, 0) is 53.7 Å². The monoisotopic (exact) mass is 423 g/mol. The van der Waals surface area contributed by atoms with Gasteiger partial charge in [-0.15, -0.1) is 10.2 Å². The number of nitrogens with one attached hydrogen (secondary N) is 1. The Balaban J connectivity index is 2.22. The van der Waals surface area contributed by atoms with E-state index in [4.69, 9.17) is 18.6 Å². The summed E-state index contributed by atoms with van der Waals surface area (Å²) in [5.74, 6) is 2.05. The highest BCUT2D eigenvalue weighted by atomic mass is 32.2. The van der Waals surface area contributed by atoms with Crippen molar-refractivity contribution in [1.82, 2.24) is 15.5 Å². The molecule has 0 fully saturated rings. The molecule has 0 radical (unpaired) electrons. The van der Waals surface area contributed by atoms with Gasteiger partial charge in [-0.25, -0.2) is 0 Å². The second-order valence-corrected chi connectivity index (χ2v) is 7.99. The zero-order valence-corrected chi connectivity index (χ0v) is 18.6. The standard InChI is InChI=1S/C20H29N3O5S/c1-7-25-14-10-13(11-15(26-8-2)17(14)27-9-3)18-22-23-19(28-18)29-12-16(24)21-20(4,5)6/h10-11H,7-9,12H2,1-6H3,(H,21,24). The van der Waals surface area contributed by atoms with Gasteiger partial charge >= 0.3 is 0 Å². The molecule has 1 heterocycles. The Bertz CT molecular complexity index is 790. The molecule has 0 saturated heterocycles. The number of benzene rings is 1. The van der Waals surface area contributed by atoms with E-state index in [9.17, 15) is 4.79 Å². The van der Waals surface area contributed by atoms with Crippen LogP contribution in [0.25, 0.3) is 11.5 Å². The number of ether oxygens (including phenoxy) is 3. The zero-order valence-electron chi connectivity index (χ0n) is 17.8. The third kappa shape index (κ3) is 6.85. The van der Waals surface area contributed by atoms with Crippen molar-refractivity contribution in [1.29, 1.82) is 0 Å². The minimum Gasteiger partial charge on any atom is -0.490 e. The molecule has 1 N–H and O–H groups in total. The zero-order chi connectivity index (χ0) is 21.4. The molecule has 0 aliphatic heterocycles. The van der Waals surface area contributed by atoms with Gasteiger partial charge in [0, 0.05) is 11.1 Å². The fourth-order valence-electron chi connectivity index (χ4n) is 2.48. The minimum atomic E-state index is -0.286. The fourth-order valence-corrected chi connectivity index (χ4v) is 3.04. The third-order valence-electron chi connectivity index (χ3n) is 3.40. The van der Waals surface area contributed by atoms with E-state index in [1.165, 1.54) is 11.8 Å². The van der Waals surface area contributed by atoms with Crippen LogP contribution in [0.3, 0.4) is 0 Å². The Morgan fingerprint density at radius 3 is 2.14 bits per heavy atom. The number of amides is 1. The lowest BCUT2D eigenvalue weighted by molar-refractivity contribution is -0.119. The molecule has 0 bridgehead atoms. The van der Waals surface area contributed by atoms with Gasteiger partial charge in [0.2, 0.25) is 17.5 Å². The molecule has 0 spiro atoms. The number of carbonyl (C=O) groups is 1. The Hall–Kier alpha value is -2.42. The number of rotatable bonds is 10. The van der Waals surface area contributed by atoms with E-state index in [0.29, 0.717) is 53.7 Å². The van der Waals surface area contributed by atoms with Crippen molar-refractivity contribution < 1.29 is 23.4 Å². The van der Waals surface area contributed by atoms with Gasteiger partial charge < -0.3 is 23.9 Å². The Morgan fingerprint density at radius 1 is 1.03 bits per heavy atom. The number of hydrogen-bond donors (Lipinski definition) is 1. The molecule has 0 saturated carbocycles. The van der Waals surface area contributed by atoms with Crippen molar-refractivity contribution in [2.45, 2.75) is 52.3 Å². The predicted octanol–water partition coefficient (Wildman–Crippen LogP) is 3.94. The van der Waals surface area contributed by atoms with E-state index in [-0.39, 0.29) is 17.2 Å². The van der Waals surface area contributed by atoms with Crippen molar-refractivity contribution >= 4 is 17.7 Å². The fraction of sp³-hybridized carbons (Fsp3) is 0.550. The quantitative estimate of drug-likeness (QED) is 0.574. The van der Waals surface area contributed by atoms with Gasteiger partial charge in [0.15, 0.2) is 11.5 Å². The first-order chi connectivity index (χ1) is 13.8. The van der Waals surface area contributed by atoms with Crippen LogP contribution in [0.5, 0.6) is 17.2 Å². The smallest absolute Gasteiger partial charge is 0.277 e. The van der Waals surface area contributed by atoms with Crippen molar-refractivity contribution in [3.05, 3.63) is 12.1 Å². The summed E-state index contributed by atoms with van der Waals surface area (Å²) in [5, 5.41) is 11.3. The molecule has 2 rings (SSSR count). The van der Waals surface area contributed by atoms with E-state index >= 15 is 0 Å². The summed E-state index contributed by atoms with van der Waals surface area (Å²) in [5.41, 5.74) is 0.365. The average molecular weight is 424 g/mol. The first-order valence-corrected chi connectivity index (χ1v) is 10.6. The van der Waals surface area contributed by atoms with Gasteiger partial charge in [0.05, 0.1) is 25.6 Å². The second kappa shape index (κ2) is 10.4. The number of thioether (sulfide) groups is 1. The van der Waals surface area contributed by atoms with Crippen LogP contribution in [0.15, 0.2) is 21.8 Å². The first kappa shape index (κ1) is 22.9. The van der Waals surface area contributed by atoms with Crippen LogP contribution in [0.4, 0.5) is 0 Å². The maximum Gasteiger partial charge on any atom is 0.277 e. The Kier molecular flexibility index (Phi) is 8.19. The van der Waals surface area contributed by atoms with Crippen molar-refractivity contribution in [3.63, 3.8) is 0 Å².